The van der Waals surface area contributed by atoms with Gasteiger partial charge in [-0.25, -0.2) is 13.6 Å². The van der Waals surface area contributed by atoms with Crippen molar-refractivity contribution in [1.82, 2.24) is 0 Å². The summed E-state index contributed by atoms with van der Waals surface area (Å²) in [6.45, 7) is 9.99. The summed E-state index contributed by atoms with van der Waals surface area (Å²) >= 11 is 0. The summed E-state index contributed by atoms with van der Waals surface area (Å²) in [6, 6.07) is 15.8. The smallest absolute Gasteiger partial charge is 0.303 e. The maximum Gasteiger partial charge on any atom is 0.303 e. The third kappa shape index (κ3) is 7.91. The number of hydrogen-bond donors (Lipinski definition) is 3. The first-order chi connectivity index (χ1) is 19.6. The van der Waals surface area contributed by atoms with Gasteiger partial charge in [0.05, 0.1) is 24.4 Å². The van der Waals surface area contributed by atoms with Crippen molar-refractivity contribution in [2.75, 3.05) is 12.4 Å². The first-order valence-corrected chi connectivity index (χ1v) is 15.9. The highest BCUT2D eigenvalue weighted by atomic mass is 32.2. The van der Waals surface area contributed by atoms with Gasteiger partial charge in [0.15, 0.2) is 0 Å². The number of nitrogens with two attached hydrogens (primary N) is 1. The molecular formula is C33H41NO7S. The zero-order valence-electron chi connectivity index (χ0n) is 24.9. The highest BCUT2D eigenvalue weighted by Gasteiger charge is 2.28. The number of carboxylic acid groups (broad SMARTS) is 1. The Morgan fingerprint density at radius 2 is 1.71 bits per heavy atom. The summed E-state index contributed by atoms with van der Waals surface area (Å²) in [5, 5.41) is 24.5. The number of aliphatic hydroxyl groups is 1. The number of aliphatic carboxylic acids is 1. The molecule has 226 valence electrons. The van der Waals surface area contributed by atoms with Crippen molar-refractivity contribution in [3.05, 3.63) is 81.9 Å². The molecule has 1 unspecified atom stereocenters. The lowest BCUT2D eigenvalue weighted by atomic mass is 9.90. The van der Waals surface area contributed by atoms with E-state index >= 15 is 0 Å². The number of fused-ring (bicyclic) bond motifs is 1. The minimum atomic E-state index is -3.85. The first kappa shape index (κ1) is 31.5. The maximum atomic E-state index is 11.7. The van der Waals surface area contributed by atoms with Crippen molar-refractivity contribution in [3.8, 4) is 22.6 Å². The molecule has 0 saturated carbocycles. The lowest BCUT2D eigenvalue weighted by molar-refractivity contribution is -0.137. The van der Waals surface area contributed by atoms with Crippen LogP contribution in [0.15, 0.2) is 48.5 Å². The van der Waals surface area contributed by atoms with Crippen LogP contribution in [-0.4, -0.2) is 42.6 Å². The van der Waals surface area contributed by atoms with E-state index in [9.17, 15) is 23.4 Å². The Bertz CT molecular complexity index is 1550. The Morgan fingerprint density at radius 1 is 1.05 bits per heavy atom. The summed E-state index contributed by atoms with van der Waals surface area (Å²) < 4.78 is 35.8. The topological polar surface area (TPSA) is 136 Å². The van der Waals surface area contributed by atoms with Crippen LogP contribution in [0.25, 0.3) is 11.1 Å². The Hall–Kier alpha value is -3.40. The van der Waals surface area contributed by atoms with Crippen LogP contribution in [-0.2, 0) is 21.2 Å². The largest absolute Gasteiger partial charge is 0.493 e. The van der Waals surface area contributed by atoms with E-state index in [-0.39, 0.29) is 12.5 Å². The first-order valence-electron chi connectivity index (χ1n) is 14.2. The molecule has 0 spiro atoms. The Kier molecular flexibility index (Phi) is 9.35. The van der Waals surface area contributed by atoms with Gasteiger partial charge in [0.1, 0.15) is 17.6 Å². The normalized spacial score (nSPS) is 15.7. The average Bonchev–Trinajstić information content (AvgIpc) is 3.25. The number of primary sulfonamides is 1. The third-order valence-corrected chi connectivity index (χ3v) is 8.65. The third-order valence-electron chi connectivity index (χ3n) is 7.79. The summed E-state index contributed by atoms with van der Waals surface area (Å²) in [4.78, 5) is 11.4. The number of aryl methyl sites for hydroxylation is 3. The minimum absolute atomic E-state index is 0.144. The zero-order valence-corrected chi connectivity index (χ0v) is 25.8. The molecule has 1 aliphatic rings. The van der Waals surface area contributed by atoms with Gasteiger partial charge in [0.2, 0.25) is 10.0 Å². The van der Waals surface area contributed by atoms with E-state index in [0.29, 0.717) is 24.3 Å². The molecule has 0 bridgehead atoms. The van der Waals surface area contributed by atoms with E-state index in [1.807, 2.05) is 25.1 Å². The Balaban J connectivity index is 1.55. The second-order valence-electron chi connectivity index (χ2n) is 12.0. The molecule has 9 heteroatoms. The molecule has 3 aromatic carbocycles. The Morgan fingerprint density at radius 3 is 2.31 bits per heavy atom. The van der Waals surface area contributed by atoms with Crippen molar-refractivity contribution in [1.29, 1.82) is 0 Å². The highest BCUT2D eigenvalue weighted by molar-refractivity contribution is 7.89. The molecule has 4 N–H and O–H groups in total. The van der Waals surface area contributed by atoms with Gasteiger partial charge in [0, 0.05) is 12.3 Å². The predicted molar refractivity (Wildman–Crippen MR) is 164 cm³/mol. The standard InChI is InChI=1S/C33H41NO7S/c1-20-15-24(9-10-26(20)23(18-31(35)36)19-42(34,38)39)41-30-12-11-27-28(30)7-6-8-29(27)32-21(2)16-25(17-22(32)3)40-14-13-33(4,5)37/h6-10,15-17,23,30,37H,11-14,18-19H2,1-5H3,(H,35,36)(H2,34,38,39)/t23?,30-/m1/s1. The predicted octanol–water partition coefficient (Wildman–Crippen LogP) is 5.73. The van der Waals surface area contributed by atoms with Crippen molar-refractivity contribution >= 4 is 16.0 Å². The maximum absolute atomic E-state index is 11.7. The Labute approximate surface area is 248 Å². The van der Waals surface area contributed by atoms with Crippen molar-refractivity contribution in [2.24, 2.45) is 5.14 Å². The van der Waals surface area contributed by atoms with Gasteiger partial charge in [-0.2, -0.15) is 0 Å². The van der Waals surface area contributed by atoms with Crippen LogP contribution in [0.4, 0.5) is 0 Å². The number of ether oxygens (including phenoxy) is 2. The van der Waals surface area contributed by atoms with Crippen LogP contribution in [0, 0.1) is 20.8 Å². The molecule has 0 saturated heterocycles. The van der Waals surface area contributed by atoms with Gasteiger partial charge in [0.25, 0.3) is 0 Å². The van der Waals surface area contributed by atoms with Crippen molar-refractivity contribution in [2.45, 2.75) is 77.9 Å². The summed E-state index contributed by atoms with van der Waals surface area (Å²) in [7, 11) is -3.85. The van der Waals surface area contributed by atoms with Gasteiger partial charge in [-0.1, -0.05) is 24.3 Å². The second-order valence-corrected chi connectivity index (χ2v) is 13.7. The molecule has 0 aromatic heterocycles. The molecule has 2 atom stereocenters. The zero-order chi connectivity index (χ0) is 30.8. The lowest BCUT2D eigenvalue weighted by Crippen LogP contribution is -2.24. The van der Waals surface area contributed by atoms with Crippen LogP contribution >= 0.6 is 0 Å². The van der Waals surface area contributed by atoms with E-state index < -0.39 is 33.3 Å². The molecule has 0 amide bonds. The van der Waals surface area contributed by atoms with Gasteiger partial charge in [-0.15, -0.1) is 0 Å². The van der Waals surface area contributed by atoms with Crippen LogP contribution in [0.3, 0.4) is 0 Å². The molecule has 1 aliphatic carbocycles. The number of carbonyl (C=O) groups is 1. The number of sulfonamides is 1. The molecule has 4 rings (SSSR count). The quantitative estimate of drug-likeness (QED) is 0.243. The van der Waals surface area contributed by atoms with E-state index in [1.54, 1.807) is 26.0 Å². The second kappa shape index (κ2) is 12.5. The summed E-state index contributed by atoms with van der Waals surface area (Å²) in [6.07, 6.45) is 1.75. The highest BCUT2D eigenvalue weighted by Crippen LogP contribution is 2.43. The minimum Gasteiger partial charge on any atom is -0.493 e. The molecule has 3 aromatic rings. The molecule has 0 fully saturated rings. The SMILES string of the molecule is Cc1cc(O[C@@H]2CCc3c(-c4c(C)cc(OCCC(C)(C)O)cc4C)cccc32)ccc1C(CC(=O)O)CS(N)(=O)=O. The van der Waals surface area contributed by atoms with E-state index in [1.165, 1.54) is 16.7 Å². The summed E-state index contributed by atoms with van der Waals surface area (Å²) in [5.41, 5.74) is 7.61. The average molecular weight is 596 g/mol. The van der Waals surface area contributed by atoms with Gasteiger partial charge < -0.3 is 19.7 Å². The number of carboxylic acids is 1. The molecule has 0 aliphatic heterocycles. The van der Waals surface area contributed by atoms with Crippen LogP contribution < -0.4 is 14.6 Å². The number of rotatable bonds is 12. The number of benzene rings is 3. The number of hydrogen-bond acceptors (Lipinski definition) is 6. The monoisotopic (exact) mass is 595 g/mol. The molecular weight excluding hydrogens is 554 g/mol. The van der Waals surface area contributed by atoms with E-state index in [4.69, 9.17) is 14.6 Å². The fourth-order valence-corrected chi connectivity index (χ4v) is 6.78. The van der Waals surface area contributed by atoms with Crippen molar-refractivity contribution < 1.29 is 32.9 Å². The van der Waals surface area contributed by atoms with E-state index in [2.05, 4.69) is 32.0 Å². The van der Waals surface area contributed by atoms with Gasteiger partial charge >= 0.3 is 5.97 Å². The summed E-state index contributed by atoms with van der Waals surface area (Å²) in [5.74, 6) is -0.832. The van der Waals surface area contributed by atoms with Crippen molar-refractivity contribution in [3.63, 3.8) is 0 Å². The van der Waals surface area contributed by atoms with E-state index in [0.717, 1.165) is 40.8 Å². The van der Waals surface area contributed by atoms with Crippen LogP contribution in [0.2, 0.25) is 0 Å². The van der Waals surface area contributed by atoms with Crippen LogP contribution in [0.5, 0.6) is 11.5 Å². The van der Waals surface area contributed by atoms with Crippen LogP contribution in [0.1, 0.15) is 78.5 Å². The fraction of sp³-hybridized carbons (Fsp3) is 0.424. The molecule has 0 heterocycles. The molecule has 0 radical (unpaired) electrons. The molecule has 8 nitrogen and oxygen atoms in total. The van der Waals surface area contributed by atoms with Gasteiger partial charge in [-0.05, 0) is 116 Å². The molecule has 42 heavy (non-hydrogen) atoms. The lowest BCUT2D eigenvalue weighted by Gasteiger charge is -2.20. The van der Waals surface area contributed by atoms with Gasteiger partial charge in [-0.3, -0.25) is 4.79 Å². The fourth-order valence-electron chi connectivity index (χ4n) is 5.92.